The number of rotatable bonds is 3. The van der Waals surface area contributed by atoms with Gasteiger partial charge in [0.25, 0.3) is 5.91 Å². The Balaban J connectivity index is 1.45. The minimum Gasteiger partial charge on any atom is -0.366 e. The lowest BCUT2D eigenvalue weighted by Crippen LogP contribution is -2.47. The van der Waals surface area contributed by atoms with Crippen molar-refractivity contribution in [1.82, 2.24) is 10.2 Å². The van der Waals surface area contributed by atoms with Gasteiger partial charge in [-0.1, -0.05) is 57.8 Å². The highest BCUT2D eigenvalue weighted by atomic mass is 16.5. The maximum atomic E-state index is 12.9. The number of carbonyl (C=O) groups excluding carboxylic acids is 2. The fraction of sp³-hybridized carbons (Fsp3) is 0.909. The monoisotopic (exact) mass is 378 g/mol. The molecule has 5 heteroatoms. The Hall–Kier alpha value is -1.10. The van der Waals surface area contributed by atoms with Gasteiger partial charge in [-0.2, -0.15) is 0 Å². The van der Waals surface area contributed by atoms with Crippen molar-refractivity contribution < 1.29 is 14.3 Å². The molecule has 3 unspecified atom stereocenters. The highest BCUT2D eigenvalue weighted by Crippen LogP contribution is 2.33. The van der Waals surface area contributed by atoms with E-state index < -0.39 is 0 Å². The van der Waals surface area contributed by atoms with E-state index >= 15 is 0 Å². The third-order valence-corrected chi connectivity index (χ3v) is 6.81. The van der Waals surface area contributed by atoms with E-state index in [1.54, 1.807) is 0 Å². The van der Waals surface area contributed by atoms with Crippen LogP contribution in [-0.2, 0) is 14.3 Å². The Morgan fingerprint density at radius 2 is 1.52 bits per heavy atom. The van der Waals surface area contributed by atoms with Gasteiger partial charge in [0.2, 0.25) is 5.91 Å². The quantitative estimate of drug-likeness (QED) is 0.815. The maximum absolute atomic E-state index is 12.9. The molecule has 3 aliphatic rings. The van der Waals surface area contributed by atoms with E-state index in [2.05, 4.69) is 10.2 Å². The Bertz CT molecular complexity index is 478. The van der Waals surface area contributed by atoms with Crippen LogP contribution in [0.2, 0.25) is 0 Å². The fourth-order valence-electron chi connectivity index (χ4n) is 5.24. The molecule has 2 heterocycles. The second-order valence-electron chi connectivity index (χ2n) is 8.94. The summed E-state index contributed by atoms with van der Waals surface area (Å²) in [4.78, 5) is 26.1. The highest BCUT2D eigenvalue weighted by molar-refractivity contribution is 5.81. The van der Waals surface area contributed by atoms with E-state index in [0.717, 1.165) is 31.8 Å². The third kappa shape index (κ3) is 6.20. The topological polar surface area (TPSA) is 58.6 Å². The van der Waals surface area contributed by atoms with Gasteiger partial charge >= 0.3 is 0 Å². The lowest BCUT2D eigenvalue weighted by molar-refractivity contribution is -0.146. The molecule has 154 valence electrons. The number of nitrogens with one attached hydrogen (secondary N) is 1. The first-order valence-electron chi connectivity index (χ1n) is 11.3. The molecule has 0 bridgehead atoms. The summed E-state index contributed by atoms with van der Waals surface area (Å²) in [7, 11) is 0. The first kappa shape index (κ1) is 20.6. The molecule has 2 saturated heterocycles. The number of hydrogen-bond acceptors (Lipinski definition) is 3. The summed E-state index contributed by atoms with van der Waals surface area (Å²) < 4.78 is 5.81. The van der Waals surface area contributed by atoms with Gasteiger partial charge in [-0.3, -0.25) is 9.59 Å². The number of amides is 2. The zero-order valence-corrected chi connectivity index (χ0v) is 17.1. The number of nitrogens with zero attached hydrogens (tertiary/aromatic N) is 1. The van der Waals surface area contributed by atoms with Gasteiger partial charge in [-0.05, 0) is 31.1 Å². The van der Waals surface area contributed by atoms with Crippen LogP contribution in [0, 0.1) is 11.8 Å². The zero-order valence-electron chi connectivity index (χ0n) is 17.1. The molecule has 27 heavy (non-hydrogen) atoms. The normalized spacial score (nSPS) is 31.4. The molecule has 2 aliphatic heterocycles. The third-order valence-electron chi connectivity index (χ3n) is 6.81. The second kappa shape index (κ2) is 10.4. The molecular formula is C22H38N2O3. The molecule has 2 amide bonds. The Labute approximate surface area is 164 Å². The molecule has 0 aromatic carbocycles. The van der Waals surface area contributed by atoms with Crippen molar-refractivity contribution in [1.29, 1.82) is 0 Å². The Kier molecular flexibility index (Phi) is 7.98. The summed E-state index contributed by atoms with van der Waals surface area (Å²) in [5, 5.41) is 2.89. The van der Waals surface area contributed by atoms with E-state index in [1.165, 1.54) is 64.7 Å². The summed E-state index contributed by atoms with van der Waals surface area (Å²) in [6, 6.07) is 0.0563. The lowest BCUT2D eigenvalue weighted by Gasteiger charge is -2.31. The van der Waals surface area contributed by atoms with Gasteiger partial charge in [-0.25, -0.2) is 0 Å². The van der Waals surface area contributed by atoms with Crippen molar-refractivity contribution in [3.8, 4) is 0 Å². The number of carbonyl (C=O) groups is 2. The van der Waals surface area contributed by atoms with Crippen LogP contribution in [0.4, 0.5) is 0 Å². The lowest BCUT2D eigenvalue weighted by atomic mass is 9.82. The van der Waals surface area contributed by atoms with E-state index in [4.69, 9.17) is 4.74 Å². The summed E-state index contributed by atoms with van der Waals surface area (Å²) in [5.41, 5.74) is 0. The van der Waals surface area contributed by atoms with Gasteiger partial charge in [-0.15, -0.1) is 0 Å². The van der Waals surface area contributed by atoms with Crippen molar-refractivity contribution in [3.05, 3.63) is 0 Å². The Morgan fingerprint density at radius 1 is 0.852 bits per heavy atom. The van der Waals surface area contributed by atoms with Crippen LogP contribution in [0.25, 0.3) is 0 Å². The van der Waals surface area contributed by atoms with Gasteiger partial charge in [0.1, 0.15) is 6.10 Å². The largest absolute Gasteiger partial charge is 0.366 e. The van der Waals surface area contributed by atoms with Crippen LogP contribution >= 0.6 is 0 Å². The number of likely N-dealkylation sites (tertiary alicyclic amines) is 1. The molecule has 1 saturated carbocycles. The van der Waals surface area contributed by atoms with E-state index in [9.17, 15) is 9.59 Å². The average Bonchev–Trinajstić information content (AvgIpc) is 3.15. The van der Waals surface area contributed by atoms with Gasteiger partial charge in [0, 0.05) is 20.0 Å². The summed E-state index contributed by atoms with van der Waals surface area (Å²) >= 11 is 0. The summed E-state index contributed by atoms with van der Waals surface area (Å²) in [6.45, 7) is 3.81. The predicted octanol–water partition coefficient (Wildman–Crippen LogP) is 3.66. The molecule has 3 atom stereocenters. The van der Waals surface area contributed by atoms with Gasteiger partial charge < -0.3 is 15.0 Å². The van der Waals surface area contributed by atoms with Gasteiger partial charge in [0.15, 0.2) is 0 Å². The molecule has 5 nitrogen and oxygen atoms in total. The van der Waals surface area contributed by atoms with Gasteiger partial charge in [0.05, 0.1) is 12.6 Å². The van der Waals surface area contributed by atoms with Crippen molar-refractivity contribution in [2.24, 2.45) is 11.8 Å². The molecular weight excluding hydrogens is 340 g/mol. The fourth-order valence-corrected chi connectivity index (χ4v) is 5.24. The van der Waals surface area contributed by atoms with Crippen molar-refractivity contribution >= 4 is 11.8 Å². The first-order valence-corrected chi connectivity index (χ1v) is 11.3. The molecule has 0 aromatic heterocycles. The summed E-state index contributed by atoms with van der Waals surface area (Å²) in [5.74, 6) is 1.64. The highest BCUT2D eigenvalue weighted by Gasteiger charge is 2.36. The second-order valence-corrected chi connectivity index (χ2v) is 8.94. The van der Waals surface area contributed by atoms with E-state index in [1.807, 2.05) is 0 Å². The molecule has 0 spiro atoms. The SMILES string of the molecule is CC(=O)NC1CCC(C(=O)N2CCC(C3CCCCCCCCC3)C2)OC1. The van der Waals surface area contributed by atoms with Crippen LogP contribution in [0.3, 0.4) is 0 Å². The van der Waals surface area contributed by atoms with Crippen molar-refractivity contribution in [3.63, 3.8) is 0 Å². The number of hydrogen-bond donors (Lipinski definition) is 1. The first-order chi connectivity index (χ1) is 13.1. The minimum atomic E-state index is -0.308. The zero-order chi connectivity index (χ0) is 19.1. The molecule has 3 rings (SSSR count). The van der Waals surface area contributed by atoms with Crippen LogP contribution in [0.1, 0.15) is 84.0 Å². The minimum absolute atomic E-state index is 0.0264. The predicted molar refractivity (Wildman–Crippen MR) is 106 cm³/mol. The van der Waals surface area contributed by atoms with Crippen LogP contribution in [0.5, 0.6) is 0 Å². The van der Waals surface area contributed by atoms with E-state index in [0.29, 0.717) is 18.9 Å². The molecule has 1 aliphatic carbocycles. The van der Waals surface area contributed by atoms with Crippen molar-refractivity contribution in [2.75, 3.05) is 19.7 Å². The molecule has 3 fully saturated rings. The number of ether oxygens (including phenoxy) is 1. The molecule has 1 N–H and O–H groups in total. The summed E-state index contributed by atoms with van der Waals surface area (Å²) in [6.07, 6.45) is 14.8. The standard InChI is InChI=1S/C22H38N2O3/c1-17(25)23-20-11-12-21(27-16-20)22(26)24-14-13-19(15-24)18-9-7-5-3-2-4-6-8-10-18/h18-21H,2-16H2,1H3,(H,23,25). The average molecular weight is 379 g/mol. The van der Waals surface area contributed by atoms with Crippen molar-refractivity contribution in [2.45, 2.75) is 96.1 Å². The molecule has 0 radical (unpaired) electrons. The Morgan fingerprint density at radius 3 is 2.11 bits per heavy atom. The van der Waals surface area contributed by atoms with E-state index in [-0.39, 0.29) is 24.0 Å². The molecule has 0 aromatic rings. The smallest absolute Gasteiger partial charge is 0.251 e. The van der Waals surface area contributed by atoms with Crippen LogP contribution < -0.4 is 5.32 Å². The maximum Gasteiger partial charge on any atom is 0.251 e. The van der Waals surface area contributed by atoms with Crippen LogP contribution in [0.15, 0.2) is 0 Å². The van der Waals surface area contributed by atoms with Crippen LogP contribution in [-0.4, -0.2) is 48.6 Å².